The SMILES string of the molecule is COC(=O)CC(=O)c1nc(C)nn1C. The van der Waals surface area contributed by atoms with E-state index in [1.54, 1.807) is 14.0 Å². The Bertz CT molecular complexity index is 370. The van der Waals surface area contributed by atoms with Crippen LogP contribution in [0.15, 0.2) is 0 Å². The van der Waals surface area contributed by atoms with Crippen LogP contribution in [0.4, 0.5) is 0 Å². The number of rotatable bonds is 3. The minimum atomic E-state index is -0.573. The van der Waals surface area contributed by atoms with Gasteiger partial charge < -0.3 is 4.74 Å². The molecule has 1 heterocycles. The van der Waals surface area contributed by atoms with Crippen molar-refractivity contribution in [3.8, 4) is 0 Å². The lowest BCUT2D eigenvalue weighted by molar-refractivity contribution is -0.139. The molecule has 0 aliphatic rings. The number of carbonyl (C=O) groups excluding carboxylic acids is 2. The van der Waals surface area contributed by atoms with Gasteiger partial charge in [0.1, 0.15) is 12.2 Å². The number of esters is 1. The molecular formula is C8H11N3O3. The number of hydrogen-bond donors (Lipinski definition) is 0. The Hall–Kier alpha value is -1.72. The molecule has 0 unspecified atom stereocenters. The molecule has 1 aromatic heterocycles. The lowest BCUT2D eigenvalue weighted by atomic mass is 10.3. The van der Waals surface area contributed by atoms with Crippen molar-refractivity contribution in [2.24, 2.45) is 7.05 Å². The molecule has 0 N–H and O–H groups in total. The molecule has 76 valence electrons. The molecule has 0 bridgehead atoms. The Balaban J connectivity index is 2.79. The highest BCUT2D eigenvalue weighted by atomic mass is 16.5. The molecule has 0 atom stereocenters. The zero-order chi connectivity index (χ0) is 10.7. The van der Waals surface area contributed by atoms with E-state index in [-0.39, 0.29) is 18.0 Å². The van der Waals surface area contributed by atoms with Crippen molar-refractivity contribution in [1.29, 1.82) is 0 Å². The third-order valence-electron chi connectivity index (χ3n) is 1.65. The first-order valence-electron chi connectivity index (χ1n) is 4.02. The number of aryl methyl sites for hydroxylation is 2. The summed E-state index contributed by atoms with van der Waals surface area (Å²) in [5.41, 5.74) is 0. The molecule has 0 saturated carbocycles. The van der Waals surface area contributed by atoms with Crippen LogP contribution < -0.4 is 0 Å². The van der Waals surface area contributed by atoms with E-state index in [0.717, 1.165) is 0 Å². The fourth-order valence-corrected chi connectivity index (χ4v) is 1.04. The van der Waals surface area contributed by atoms with E-state index < -0.39 is 5.97 Å². The van der Waals surface area contributed by atoms with Gasteiger partial charge >= 0.3 is 5.97 Å². The van der Waals surface area contributed by atoms with Crippen molar-refractivity contribution in [2.75, 3.05) is 7.11 Å². The van der Waals surface area contributed by atoms with Crippen LogP contribution in [0.2, 0.25) is 0 Å². The lowest BCUT2D eigenvalue weighted by Crippen LogP contribution is -2.14. The largest absolute Gasteiger partial charge is 0.469 e. The molecule has 1 aromatic rings. The van der Waals surface area contributed by atoms with Gasteiger partial charge in [-0.1, -0.05) is 0 Å². The van der Waals surface area contributed by atoms with E-state index >= 15 is 0 Å². The van der Waals surface area contributed by atoms with Crippen LogP contribution in [-0.4, -0.2) is 33.6 Å². The van der Waals surface area contributed by atoms with Gasteiger partial charge in [0.15, 0.2) is 5.82 Å². The molecule has 0 fully saturated rings. The Labute approximate surface area is 80.9 Å². The summed E-state index contributed by atoms with van der Waals surface area (Å²) in [4.78, 5) is 26.1. The number of hydrogen-bond acceptors (Lipinski definition) is 5. The first kappa shape index (κ1) is 10.4. The molecule has 0 aliphatic carbocycles. The predicted octanol–water partition coefficient (Wildman–Crippen LogP) is -0.131. The van der Waals surface area contributed by atoms with Gasteiger partial charge in [0.05, 0.1) is 7.11 Å². The van der Waals surface area contributed by atoms with Gasteiger partial charge in [-0.25, -0.2) is 9.67 Å². The monoisotopic (exact) mass is 197 g/mol. The molecular weight excluding hydrogens is 186 g/mol. The first-order valence-corrected chi connectivity index (χ1v) is 4.02. The summed E-state index contributed by atoms with van der Waals surface area (Å²) >= 11 is 0. The second-order valence-corrected chi connectivity index (χ2v) is 2.78. The maximum Gasteiger partial charge on any atom is 0.313 e. The molecule has 1 rings (SSSR count). The van der Waals surface area contributed by atoms with Crippen LogP contribution in [0.5, 0.6) is 0 Å². The number of aromatic nitrogens is 3. The van der Waals surface area contributed by atoms with E-state index in [9.17, 15) is 9.59 Å². The summed E-state index contributed by atoms with van der Waals surface area (Å²) in [7, 11) is 2.84. The summed E-state index contributed by atoms with van der Waals surface area (Å²) < 4.78 is 5.72. The van der Waals surface area contributed by atoms with Gasteiger partial charge in [0, 0.05) is 7.05 Å². The fraction of sp³-hybridized carbons (Fsp3) is 0.500. The average molecular weight is 197 g/mol. The number of ketones is 1. The molecule has 6 heteroatoms. The third-order valence-corrected chi connectivity index (χ3v) is 1.65. The van der Waals surface area contributed by atoms with Gasteiger partial charge in [-0.05, 0) is 6.92 Å². The molecule has 0 spiro atoms. The van der Waals surface area contributed by atoms with E-state index in [2.05, 4.69) is 14.8 Å². The molecule has 0 radical (unpaired) electrons. The van der Waals surface area contributed by atoms with Crippen molar-refractivity contribution < 1.29 is 14.3 Å². The molecule has 0 saturated heterocycles. The highest BCUT2D eigenvalue weighted by molar-refractivity contribution is 6.03. The summed E-state index contributed by atoms with van der Waals surface area (Å²) in [6, 6.07) is 0. The first-order chi connectivity index (χ1) is 6.54. The minimum Gasteiger partial charge on any atom is -0.469 e. The second kappa shape index (κ2) is 3.99. The quantitative estimate of drug-likeness (QED) is 0.383. The highest BCUT2D eigenvalue weighted by Gasteiger charge is 2.17. The van der Waals surface area contributed by atoms with E-state index in [1.165, 1.54) is 11.8 Å². The smallest absolute Gasteiger partial charge is 0.313 e. The van der Waals surface area contributed by atoms with Crippen molar-refractivity contribution in [1.82, 2.24) is 14.8 Å². The van der Waals surface area contributed by atoms with Crippen LogP contribution in [-0.2, 0) is 16.6 Å². The number of carbonyl (C=O) groups is 2. The maximum atomic E-state index is 11.4. The zero-order valence-electron chi connectivity index (χ0n) is 8.27. The van der Waals surface area contributed by atoms with Gasteiger partial charge in [0.25, 0.3) is 0 Å². The van der Waals surface area contributed by atoms with Crippen LogP contribution >= 0.6 is 0 Å². The zero-order valence-corrected chi connectivity index (χ0v) is 8.27. The molecule has 6 nitrogen and oxygen atoms in total. The third kappa shape index (κ3) is 2.15. The van der Waals surface area contributed by atoms with Gasteiger partial charge in [-0.3, -0.25) is 9.59 Å². The molecule has 0 aliphatic heterocycles. The van der Waals surface area contributed by atoms with Crippen molar-refractivity contribution >= 4 is 11.8 Å². The van der Waals surface area contributed by atoms with Crippen molar-refractivity contribution in [2.45, 2.75) is 13.3 Å². The number of ether oxygens (including phenoxy) is 1. The predicted molar refractivity (Wildman–Crippen MR) is 46.7 cm³/mol. The van der Waals surface area contributed by atoms with Crippen LogP contribution in [0, 0.1) is 6.92 Å². The van der Waals surface area contributed by atoms with Gasteiger partial charge in [-0.2, -0.15) is 5.10 Å². The van der Waals surface area contributed by atoms with E-state index in [4.69, 9.17) is 0 Å². The number of Topliss-reactive ketones (excluding diaryl/α,β-unsaturated/α-hetero) is 1. The summed E-state index contributed by atoms with van der Waals surface area (Å²) in [6.07, 6.45) is -0.303. The number of methoxy groups -OCH3 is 1. The maximum absolute atomic E-state index is 11.4. The van der Waals surface area contributed by atoms with Crippen molar-refractivity contribution in [3.63, 3.8) is 0 Å². The average Bonchev–Trinajstić information content (AvgIpc) is 2.45. The van der Waals surface area contributed by atoms with E-state index in [0.29, 0.717) is 5.82 Å². The summed E-state index contributed by atoms with van der Waals surface area (Å²) in [5, 5.41) is 3.90. The Morgan fingerprint density at radius 2 is 2.14 bits per heavy atom. The van der Waals surface area contributed by atoms with Crippen molar-refractivity contribution in [3.05, 3.63) is 11.6 Å². The normalized spacial score (nSPS) is 9.93. The fourth-order valence-electron chi connectivity index (χ4n) is 1.04. The van der Waals surface area contributed by atoms with Gasteiger partial charge in [-0.15, -0.1) is 0 Å². The standard InChI is InChI=1S/C8H11N3O3/c1-5-9-8(11(2)10-5)6(12)4-7(13)14-3/h4H2,1-3H3. The topological polar surface area (TPSA) is 74.1 Å². The highest BCUT2D eigenvalue weighted by Crippen LogP contribution is 2.00. The Morgan fingerprint density at radius 1 is 1.50 bits per heavy atom. The van der Waals surface area contributed by atoms with Crippen LogP contribution in [0.25, 0.3) is 0 Å². The summed E-state index contributed by atoms with van der Waals surface area (Å²) in [5.74, 6) is -0.288. The molecule has 0 amide bonds. The Kier molecular flexibility index (Phi) is 2.95. The second-order valence-electron chi connectivity index (χ2n) is 2.78. The van der Waals surface area contributed by atoms with E-state index in [1.807, 2.05) is 0 Å². The minimum absolute atomic E-state index is 0.174. The summed E-state index contributed by atoms with van der Waals surface area (Å²) in [6.45, 7) is 1.68. The molecule has 14 heavy (non-hydrogen) atoms. The number of nitrogens with zero attached hydrogens (tertiary/aromatic N) is 3. The van der Waals surface area contributed by atoms with Gasteiger partial charge in [0.2, 0.25) is 5.78 Å². The lowest BCUT2D eigenvalue weighted by Gasteiger charge is -1.97. The van der Waals surface area contributed by atoms with Crippen LogP contribution in [0.1, 0.15) is 22.9 Å². The Morgan fingerprint density at radius 3 is 2.57 bits per heavy atom. The van der Waals surface area contributed by atoms with Crippen LogP contribution in [0.3, 0.4) is 0 Å². The molecule has 0 aromatic carbocycles.